The normalized spacial score (nSPS) is 10.9. The average Bonchev–Trinajstić information content (AvgIpc) is 3.42. The Morgan fingerprint density at radius 3 is 2.35 bits per heavy atom. The molecule has 0 saturated heterocycles. The van der Waals surface area contributed by atoms with Crippen molar-refractivity contribution < 1.29 is 19.1 Å². The molecule has 0 bridgehead atoms. The van der Waals surface area contributed by atoms with E-state index >= 15 is 0 Å². The van der Waals surface area contributed by atoms with Crippen molar-refractivity contribution in [1.29, 1.82) is 0 Å². The fourth-order valence-electron chi connectivity index (χ4n) is 3.73. The summed E-state index contributed by atoms with van der Waals surface area (Å²) in [4.78, 5) is 22.7. The molecule has 4 aromatic rings. The number of carbonyl (C=O) groups excluding carboxylic acids is 1. The quantitative estimate of drug-likeness (QED) is 0.452. The van der Waals surface area contributed by atoms with Gasteiger partial charge < -0.3 is 19.8 Å². The Hall–Kier alpha value is -4.06. The van der Waals surface area contributed by atoms with Crippen molar-refractivity contribution in [3.8, 4) is 28.3 Å². The Bertz CT molecular complexity index is 1240. The number of primary amides is 1. The van der Waals surface area contributed by atoms with Crippen molar-refractivity contribution in [3.63, 3.8) is 0 Å². The molecule has 0 aliphatic heterocycles. The number of carboxylic acids is 1. The van der Waals surface area contributed by atoms with Crippen LogP contribution in [0.4, 0.5) is 0 Å². The molecule has 0 radical (unpaired) electrons. The highest BCUT2D eigenvalue weighted by atomic mass is 16.4. The van der Waals surface area contributed by atoms with Crippen LogP contribution in [0.25, 0.3) is 28.3 Å². The maximum atomic E-state index is 11.6. The zero-order valence-electron chi connectivity index (χ0n) is 17.0. The van der Waals surface area contributed by atoms with Crippen molar-refractivity contribution in [2.75, 3.05) is 0 Å². The van der Waals surface area contributed by atoms with E-state index in [1.165, 1.54) is 0 Å². The zero-order chi connectivity index (χ0) is 22.0. The third-order valence-corrected chi connectivity index (χ3v) is 5.27. The number of furan rings is 1. The smallest absolute Gasteiger partial charge is 0.303 e. The Kier molecular flexibility index (Phi) is 5.45. The van der Waals surface area contributed by atoms with Gasteiger partial charge in [-0.2, -0.15) is 0 Å². The predicted molar refractivity (Wildman–Crippen MR) is 118 cm³/mol. The number of nitrogens with two attached hydrogens (primary N) is 1. The van der Waals surface area contributed by atoms with Gasteiger partial charge in [0.2, 0.25) is 5.91 Å². The second-order valence-electron chi connectivity index (χ2n) is 7.36. The molecule has 2 aromatic carbocycles. The van der Waals surface area contributed by atoms with Gasteiger partial charge >= 0.3 is 5.97 Å². The molecular weight excluding hydrogens is 392 g/mol. The molecule has 31 heavy (non-hydrogen) atoms. The molecule has 2 aromatic heterocycles. The first kappa shape index (κ1) is 20.2. The van der Waals surface area contributed by atoms with E-state index in [-0.39, 0.29) is 6.42 Å². The minimum atomic E-state index is -0.849. The number of benzene rings is 2. The monoisotopic (exact) mass is 414 g/mol. The van der Waals surface area contributed by atoms with Crippen LogP contribution in [0.1, 0.15) is 28.0 Å². The number of carbonyl (C=O) groups is 2. The van der Waals surface area contributed by atoms with Crippen LogP contribution in [-0.4, -0.2) is 21.6 Å². The van der Waals surface area contributed by atoms with E-state index in [0.29, 0.717) is 12.0 Å². The highest BCUT2D eigenvalue weighted by Crippen LogP contribution is 2.31. The molecule has 156 valence electrons. The standard InChI is InChI=1S/C25H22N2O4/c1-16-15-19(25(26)30)8-11-21(16)27-20(10-13-24(28)29)9-12-22(27)17-4-6-18(7-5-17)23-3-2-14-31-23/h2-9,11-12,14-15H,10,13H2,1H3,(H2,26,30)(H,28,29). The molecule has 4 rings (SSSR count). The summed E-state index contributed by atoms with van der Waals surface area (Å²) in [5.74, 6) is -0.540. The van der Waals surface area contributed by atoms with E-state index in [0.717, 1.165) is 39.5 Å². The van der Waals surface area contributed by atoms with Crippen LogP contribution in [0.15, 0.2) is 77.4 Å². The lowest BCUT2D eigenvalue weighted by Gasteiger charge is -2.17. The minimum Gasteiger partial charge on any atom is -0.481 e. The van der Waals surface area contributed by atoms with E-state index in [1.54, 1.807) is 18.4 Å². The second kappa shape index (κ2) is 8.36. The molecule has 0 aliphatic carbocycles. The molecule has 6 heteroatoms. The van der Waals surface area contributed by atoms with E-state index in [9.17, 15) is 9.59 Å². The van der Waals surface area contributed by atoms with Crippen LogP contribution < -0.4 is 5.73 Å². The van der Waals surface area contributed by atoms with Gasteiger partial charge in [0, 0.05) is 22.5 Å². The molecule has 6 nitrogen and oxygen atoms in total. The maximum Gasteiger partial charge on any atom is 0.303 e. The van der Waals surface area contributed by atoms with Crippen molar-refractivity contribution in [2.45, 2.75) is 19.8 Å². The first-order valence-corrected chi connectivity index (χ1v) is 9.91. The lowest BCUT2D eigenvalue weighted by Crippen LogP contribution is -2.12. The number of carboxylic acid groups (broad SMARTS) is 1. The summed E-state index contributed by atoms with van der Waals surface area (Å²) in [6.45, 7) is 1.91. The van der Waals surface area contributed by atoms with Gasteiger partial charge in [-0.1, -0.05) is 24.3 Å². The number of amides is 1. The second-order valence-corrected chi connectivity index (χ2v) is 7.36. The summed E-state index contributed by atoms with van der Waals surface area (Å²) in [5, 5.41) is 9.16. The van der Waals surface area contributed by atoms with E-state index in [1.807, 2.05) is 66.1 Å². The highest BCUT2D eigenvalue weighted by molar-refractivity contribution is 5.93. The molecule has 0 aliphatic rings. The lowest BCUT2D eigenvalue weighted by molar-refractivity contribution is -0.136. The van der Waals surface area contributed by atoms with Gasteiger partial charge in [0.25, 0.3) is 0 Å². The zero-order valence-corrected chi connectivity index (χ0v) is 17.0. The maximum absolute atomic E-state index is 11.6. The number of hydrogen-bond donors (Lipinski definition) is 2. The molecular formula is C25H22N2O4. The lowest BCUT2D eigenvalue weighted by atomic mass is 10.1. The average molecular weight is 414 g/mol. The fraction of sp³-hybridized carbons (Fsp3) is 0.120. The van der Waals surface area contributed by atoms with Crippen LogP contribution in [0.2, 0.25) is 0 Å². The van der Waals surface area contributed by atoms with Gasteiger partial charge in [-0.15, -0.1) is 0 Å². The Labute approximate surface area is 179 Å². The Morgan fingerprint density at radius 1 is 1.00 bits per heavy atom. The third kappa shape index (κ3) is 4.14. The molecule has 3 N–H and O–H groups in total. The van der Waals surface area contributed by atoms with Crippen LogP contribution in [0.5, 0.6) is 0 Å². The van der Waals surface area contributed by atoms with Gasteiger partial charge in [0.1, 0.15) is 5.76 Å². The summed E-state index contributed by atoms with van der Waals surface area (Å²) in [6, 6.07) is 21.0. The van der Waals surface area contributed by atoms with Crippen molar-refractivity contribution in [1.82, 2.24) is 4.57 Å². The van der Waals surface area contributed by atoms with Crippen molar-refractivity contribution >= 4 is 11.9 Å². The molecule has 0 fully saturated rings. The highest BCUT2D eigenvalue weighted by Gasteiger charge is 2.16. The fourth-order valence-corrected chi connectivity index (χ4v) is 3.73. The number of aliphatic carboxylic acids is 1. The molecule has 0 spiro atoms. The summed E-state index contributed by atoms with van der Waals surface area (Å²) in [7, 11) is 0. The molecule has 1 amide bonds. The predicted octanol–water partition coefficient (Wildman–Crippen LogP) is 4.83. The number of nitrogens with zero attached hydrogens (tertiary/aromatic N) is 1. The van der Waals surface area contributed by atoms with Gasteiger partial charge in [0.05, 0.1) is 18.4 Å². The van der Waals surface area contributed by atoms with Gasteiger partial charge in [-0.25, -0.2) is 0 Å². The SMILES string of the molecule is Cc1cc(C(N)=O)ccc1-n1c(CCC(=O)O)ccc1-c1ccc(-c2ccco2)cc1. The summed E-state index contributed by atoms with van der Waals surface area (Å²) < 4.78 is 7.51. The van der Waals surface area contributed by atoms with E-state index in [2.05, 4.69) is 0 Å². The molecule has 0 unspecified atom stereocenters. The van der Waals surface area contributed by atoms with Crippen LogP contribution >= 0.6 is 0 Å². The Morgan fingerprint density at radius 2 is 1.74 bits per heavy atom. The van der Waals surface area contributed by atoms with Gasteiger partial charge in [-0.05, 0) is 66.9 Å². The minimum absolute atomic E-state index is 0.0271. The molecule has 0 atom stereocenters. The Balaban J connectivity index is 1.80. The largest absolute Gasteiger partial charge is 0.481 e. The van der Waals surface area contributed by atoms with Crippen LogP contribution in [0, 0.1) is 6.92 Å². The number of rotatable bonds is 7. The molecule has 2 heterocycles. The first-order chi connectivity index (χ1) is 14.9. The van der Waals surface area contributed by atoms with Crippen LogP contribution in [0.3, 0.4) is 0 Å². The van der Waals surface area contributed by atoms with Crippen molar-refractivity contribution in [2.24, 2.45) is 5.73 Å². The van der Waals surface area contributed by atoms with E-state index < -0.39 is 11.9 Å². The third-order valence-electron chi connectivity index (χ3n) is 5.27. The summed E-state index contributed by atoms with van der Waals surface area (Å²) in [6.07, 6.45) is 2.05. The summed E-state index contributed by atoms with van der Waals surface area (Å²) >= 11 is 0. The van der Waals surface area contributed by atoms with E-state index in [4.69, 9.17) is 15.3 Å². The van der Waals surface area contributed by atoms with Crippen molar-refractivity contribution in [3.05, 3.63) is 89.8 Å². The summed E-state index contributed by atoms with van der Waals surface area (Å²) in [5.41, 5.74) is 11.4. The van der Waals surface area contributed by atoms with Gasteiger partial charge in [-0.3, -0.25) is 9.59 Å². The van der Waals surface area contributed by atoms with Crippen LogP contribution in [-0.2, 0) is 11.2 Å². The number of aromatic nitrogens is 1. The van der Waals surface area contributed by atoms with Gasteiger partial charge in [0.15, 0.2) is 0 Å². The number of aryl methyl sites for hydroxylation is 2. The molecule has 0 saturated carbocycles. The number of hydrogen-bond acceptors (Lipinski definition) is 3. The first-order valence-electron chi connectivity index (χ1n) is 9.91. The topological polar surface area (TPSA) is 98.5 Å².